The lowest BCUT2D eigenvalue weighted by Gasteiger charge is -2.11. The molecule has 1 heterocycles. The first kappa shape index (κ1) is 19.7. The molecule has 0 fully saturated rings. The third-order valence-electron chi connectivity index (χ3n) is 4.06. The number of thiophene rings is 1. The number of carbonyl (C=O) groups excluding carboxylic acids is 1. The molecular weight excluding hydrogens is 372 g/mol. The zero-order valence-corrected chi connectivity index (χ0v) is 17.3. The highest BCUT2D eigenvalue weighted by atomic mass is 32.2. The Labute approximate surface area is 169 Å². The fourth-order valence-corrected chi connectivity index (χ4v) is 4.55. The van der Waals surface area contributed by atoms with Crippen molar-refractivity contribution in [3.8, 4) is 0 Å². The van der Waals surface area contributed by atoms with E-state index in [4.69, 9.17) is 0 Å². The lowest BCUT2D eigenvalue weighted by molar-refractivity contribution is 0.0948. The predicted molar refractivity (Wildman–Crippen MR) is 115 cm³/mol. The van der Waals surface area contributed by atoms with Crippen molar-refractivity contribution in [2.75, 3.05) is 14.1 Å². The van der Waals surface area contributed by atoms with E-state index in [1.165, 1.54) is 10.4 Å². The quantitative estimate of drug-likeness (QED) is 0.542. The molecule has 3 nitrogen and oxygen atoms in total. The molecule has 0 saturated heterocycles. The zero-order valence-electron chi connectivity index (χ0n) is 15.6. The second-order valence-electron chi connectivity index (χ2n) is 6.60. The molecular formula is C22H24N2OS2. The van der Waals surface area contributed by atoms with E-state index in [9.17, 15) is 4.79 Å². The minimum absolute atomic E-state index is 0.0263. The normalized spacial score (nSPS) is 10.9. The third kappa shape index (κ3) is 5.96. The second-order valence-corrected chi connectivity index (χ2v) is 8.65. The van der Waals surface area contributed by atoms with E-state index >= 15 is 0 Å². The molecule has 5 heteroatoms. The van der Waals surface area contributed by atoms with Gasteiger partial charge in [0.1, 0.15) is 0 Å². The Hall–Kier alpha value is -2.08. The number of carbonyl (C=O) groups is 1. The van der Waals surface area contributed by atoms with Crippen molar-refractivity contribution in [3.63, 3.8) is 0 Å². The minimum Gasteiger partial charge on any atom is -0.348 e. The van der Waals surface area contributed by atoms with Crippen molar-refractivity contribution < 1.29 is 4.79 Å². The van der Waals surface area contributed by atoms with E-state index in [1.807, 2.05) is 24.3 Å². The molecule has 0 aliphatic rings. The van der Waals surface area contributed by atoms with Gasteiger partial charge in [0.05, 0.1) is 5.56 Å². The molecule has 140 valence electrons. The number of rotatable bonds is 8. The first-order valence-electron chi connectivity index (χ1n) is 8.87. The van der Waals surface area contributed by atoms with Gasteiger partial charge in [0.2, 0.25) is 0 Å². The van der Waals surface area contributed by atoms with Crippen LogP contribution in [0.3, 0.4) is 0 Å². The van der Waals surface area contributed by atoms with Crippen LogP contribution >= 0.6 is 23.1 Å². The van der Waals surface area contributed by atoms with Gasteiger partial charge < -0.3 is 10.2 Å². The number of nitrogens with zero attached hydrogens (tertiary/aromatic N) is 1. The van der Waals surface area contributed by atoms with Gasteiger partial charge in [0.15, 0.2) is 0 Å². The smallest absolute Gasteiger partial charge is 0.252 e. The first-order valence-corrected chi connectivity index (χ1v) is 10.7. The minimum atomic E-state index is -0.0263. The molecule has 0 saturated carbocycles. The number of hydrogen-bond donors (Lipinski definition) is 1. The van der Waals surface area contributed by atoms with Gasteiger partial charge in [-0.05, 0) is 48.8 Å². The van der Waals surface area contributed by atoms with Crippen LogP contribution in [0.25, 0.3) is 0 Å². The van der Waals surface area contributed by atoms with E-state index in [-0.39, 0.29) is 5.91 Å². The number of benzene rings is 2. The molecule has 0 spiro atoms. The fraction of sp³-hybridized carbons (Fsp3) is 0.227. The first-order chi connectivity index (χ1) is 13.1. The molecule has 0 aliphatic heterocycles. The van der Waals surface area contributed by atoms with Gasteiger partial charge in [0.25, 0.3) is 5.91 Å². The van der Waals surface area contributed by atoms with Crippen LogP contribution in [0.4, 0.5) is 0 Å². The molecule has 0 aliphatic carbocycles. The Balaban J connectivity index is 1.59. The summed E-state index contributed by atoms with van der Waals surface area (Å²) in [5.74, 6) is 0.858. The second kappa shape index (κ2) is 9.74. The van der Waals surface area contributed by atoms with Crippen molar-refractivity contribution >= 4 is 29.0 Å². The Morgan fingerprint density at radius 2 is 1.74 bits per heavy atom. The fourth-order valence-electron chi connectivity index (χ4n) is 2.73. The summed E-state index contributed by atoms with van der Waals surface area (Å²) in [6, 6.07) is 20.4. The number of thioether (sulfide) groups is 1. The van der Waals surface area contributed by atoms with E-state index in [2.05, 4.69) is 66.1 Å². The SMILES string of the molecule is CN(C)Cc1ccc(CNC(=O)c2ccccc2SCc2cccs2)cc1. The highest BCUT2D eigenvalue weighted by Crippen LogP contribution is 2.28. The van der Waals surface area contributed by atoms with Crippen LogP contribution in [0.5, 0.6) is 0 Å². The molecule has 0 radical (unpaired) electrons. The highest BCUT2D eigenvalue weighted by molar-refractivity contribution is 7.98. The molecule has 0 bridgehead atoms. The van der Waals surface area contributed by atoms with Crippen molar-refractivity contribution in [1.82, 2.24) is 10.2 Å². The van der Waals surface area contributed by atoms with Crippen LogP contribution in [-0.2, 0) is 18.8 Å². The lowest BCUT2D eigenvalue weighted by Crippen LogP contribution is -2.23. The monoisotopic (exact) mass is 396 g/mol. The van der Waals surface area contributed by atoms with E-state index in [1.54, 1.807) is 23.1 Å². The van der Waals surface area contributed by atoms with Crippen molar-refractivity contribution in [3.05, 3.63) is 87.6 Å². The third-order valence-corrected chi connectivity index (χ3v) is 6.24. The lowest BCUT2D eigenvalue weighted by atomic mass is 10.1. The topological polar surface area (TPSA) is 32.3 Å². The molecule has 2 aromatic carbocycles. The molecule has 1 aromatic heterocycles. The molecule has 3 aromatic rings. The Morgan fingerprint density at radius 3 is 2.44 bits per heavy atom. The summed E-state index contributed by atoms with van der Waals surface area (Å²) in [6.07, 6.45) is 0. The Bertz CT molecular complexity index is 858. The molecule has 1 amide bonds. The van der Waals surface area contributed by atoms with Crippen LogP contribution in [0.1, 0.15) is 26.4 Å². The predicted octanol–water partition coefficient (Wildman–Crippen LogP) is 5.03. The molecule has 3 rings (SSSR count). The maximum Gasteiger partial charge on any atom is 0.252 e. The van der Waals surface area contributed by atoms with Crippen LogP contribution in [-0.4, -0.2) is 24.9 Å². The summed E-state index contributed by atoms with van der Waals surface area (Å²) in [5.41, 5.74) is 3.11. The van der Waals surface area contributed by atoms with Crippen molar-refractivity contribution in [2.24, 2.45) is 0 Å². The van der Waals surface area contributed by atoms with Gasteiger partial charge in [-0.3, -0.25) is 4.79 Å². The Kier molecular flexibility index (Phi) is 7.10. The molecule has 0 atom stereocenters. The van der Waals surface area contributed by atoms with E-state index in [0.717, 1.165) is 28.3 Å². The van der Waals surface area contributed by atoms with Crippen LogP contribution in [0.15, 0.2) is 70.9 Å². The maximum absolute atomic E-state index is 12.7. The highest BCUT2D eigenvalue weighted by Gasteiger charge is 2.11. The van der Waals surface area contributed by atoms with Gasteiger partial charge in [-0.1, -0.05) is 42.5 Å². The number of hydrogen-bond acceptors (Lipinski definition) is 4. The van der Waals surface area contributed by atoms with Gasteiger partial charge in [-0.2, -0.15) is 0 Å². The average molecular weight is 397 g/mol. The molecule has 0 unspecified atom stereocenters. The summed E-state index contributed by atoms with van der Waals surface area (Å²) in [4.78, 5) is 17.2. The number of nitrogens with one attached hydrogen (secondary N) is 1. The summed E-state index contributed by atoms with van der Waals surface area (Å²) in [5, 5.41) is 5.13. The summed E-state index contributed by atoms with van der Waals surface area (Å²) < 4.78 is 0. The van der Waals surface area contributed by atoms with Gasteiger partial charge in [-0.15, -0.1) is 23.1 Å². The van der Waals surface area contributed by atoms with Gasteiger partial charge in [-0.25, -0.2) is 0 Å². The molecule has 27 heavy (non-hydrogen) atoms. The van der Waals surface area contributed by atoms with Crippen molar-refractivity contribution in [1.29, 1.82) is 0 Å². The Morgan fingerprint density at radius 1 is 1.00 bits per heavy atom. The zero-order chi connectivity index (χ0) is 19.1. The molecule has 1 N–H and O–H groups in total. The van der Waals surface area contributed by atoms with E-state index in [0.29, 0.717) is 6.54 Å². The maximum atomic E-state index is 12.7. The number of amides is 1. The van der Waals surface area contributed by atoms with Crippen molar-refractivity contribution in [2.45, 2.75) is 23.7 Å². The summed E-state index contributed by atoms with van der Waals surface area (Å²) in [6.45, 7) is 1.45. The average Bonchev–Trinajstić information content (AvgIpc) is 3.19. The standard InChI is InChI=1S/C22H24N2OS2/c1-24(2)15-18-11-9-17(10-12-18)14-23-22(25)20-7-3-4-8-21(20)27-16-19-6-5-13-26-19/h3-13H,14-16H2,1-2H3,(H,23,25). The van der Waals surface area contributed by atoms with Crippen LogP contribution < -0.4 is 5.32 Å². The van der Waals surface area contributed by atoms with Gasteiger partial charge in [0, 0.05) is 28.6 Å². The summed E-state index contributed by atoms with van der Waals surface area (Å²) >= 11 is 3.45. The summed E-state index contributed by atoms with van der Waals surface area (Å²) in [7, 11) is 4.12. The van der Waals surface area contributed by atoms with E-state index < -0.39 is 0 Å². The van der Waals surface area contributed by atoms with Crippen LogP contribution in [0.2, 0.25) is 0 Å². The largest absolute Gasteiger partial charge is 0.348 e. The van der Waals surface area contributed by atoms with Crippen LogP contribution in [0, 0.1) is 0 Å². The van der Waals surface area contributed by atoms with Gasteiger partial charge >= 0.3 is 0 Å².